The molecule has 2 aromatic heterocycles. The fourth-order valence-electron chi connectivity index (χ4n) is 2.80. The molecular weight excluding hydrogens is 414 g/mol. The van der Waals surface area contributed by atoms with E-state index >= 15 is 0 Å². The van der Waals surface area contributed by atoms with Gasteiger partial charge in [0.1, 0.15) is 12.0 Å². The van der Waals surface area contributed by atoms with Crippen LogP contribution in [0.4, 0.5) is 26.1 Å². The summed E-state index contributed by atoms with van der Waals surface area (Å²) < 4.78 is 25.9. The molecule has 3 rings (SSSR count). The number of rotatable bonds is 8. The number of anilines is 3. The standard InChI is InChI=1S/C18H20F2N8O3/c1-10(4-5-29)28(22)13-7-24-14(15(21)30)16(26-13)25-11-2-3-12(23-6-11)17(31)27-8-18(19,20)9-27/h2-3,5-7,10H,4,8-9,22H2,1H3,(H2,21,30)(H,25,26). The molecule has 2 amide bonds. The van der Waals surface area contributed by atoms with E-state index in [-0.39, 0.29) is 35.5 Å². The summed E-state index contributed by atoms with van der Waals surface area (Å²) in [5, 5.41) is 4.05. The number of aldehydes is 1. The topological polar surface area (TPSA) is 160 Å². The summed E-state index contributed by atoms with van der Waals surface area (Å²) in [6, 6.07) is 2.44. The summed E-state index contributed by atoms with van der Waals surface area (Å²) in [5.41, 5.74) is 5.51. The summed E-state index contributed by atoms with van der Waals surface area (Å²) in [4.78, 5) is 47.7. The van der Waals surface area contributed by atoms with E-state index in [0.717, 1.165) is 4.90 Å². The number of hydrogen-bond acceptors (Lipinski definition) is 9. The average Bonchev–Trinajstić information content (AvgIpc) is 2.71. The van der Waals surface area contributed by atoms with Crippen LogP contribution in [-0.2, 0) is 4.79 Å². The SMILES string of the molecule is CC(CC=O)N(N)c1cnc(C(N)=O)c(Nc2ccc(C(=O)N3CC(F)(F)C3)nc2)n1. The summed E-state index contributed by atoms with van der Waals surface area (Å²) >= 11 is 0. The number of hydrazine groups is 1. The Morgan fingerprint density at radius 1 is 1.32 bits per heavy atom. The van der Waals surface area contributed by atoms with Crippen molar-refractivity contribution in [3.05, 3.63) is 35.9 Å². The molecule has 11 nitrogen and oxygen atoms in total. The van der Waals surface area contributed by atoms with Gasteiger partial charge in [-0.15, -0.1) is 0 Å². The Morgan fingerprint density at radius 2 is 2.03 bits per heavy atom. The highest BCUT2D eigenvalue weighted by atomic mass is 19.3. The third-order valence-corrected chi connectivity index (χ3v) is 4.55. The predicted octanol–water partition coefficient (Wildman–Crippen LogP) is 0.463. The minimum absolute atomic E-state index is 0.00756. The number of aromatic nitrogens is 3. The van der Waals surface area contributed by atoms with Gasteiger partial charge in [-0.05, 0) is 19.1 Å². The second kappa shape index (κ2) is 8.55. The molecule has 1 saturated heterocycles. The number of halogens is 2. The third-order valence-electron chi connectivity index (χ3n) is 4.55. The van der Waals surface area contributed by atoms with Crippen LogP contribution < -0.4 is 21.9 Å². The van der Waals surface area contributed by atoms with Gasteiger partial charge in [-0.3, -0.25) is 14.6 Å². The fraction of sp³-hybridized carbons (Fsp3) is 0.333. The maximum Gasteiger partial charge on any atom is 0.282 e. The van der Waals surface area contributed by atoms with Gasteiger partial charge in [0.25, 0.3) is 17.7 Å². The number of nitrogens with one attached hydrogen (secondary N) is 1. The number of carbonyl (C=O) groups is 3. The van der Waals surface area contributed by atoms with Gasteiger partial charge in [0.05, 0.1) is 37.2 Å². The number of primary amides is 1. The summed E-state index contributed by atoms with van der Waals surface area (Å²) in [6.07, 6.45) is 3.39. The van der Waals surface area contributed by atoms with Gasteiger partial charge < -0.3 is 20.7 Å². The van der Waals surface area contributed by atoms with Gasteiger partial charge in [0.15, 0.2) is 17.3 Å². The lowest BCUT2D eigenvalue weighted by Crippen LogP contribution is -2.58. The Morgan fingerprint density at radius 3 is 2.58 bits per heavy atom. The van der Waals surface area contributed by atoms with Gasteiger partial charge in [0.2, 0.25) is 0 Å². The summed E-state index contributed by atoms with van der Waals surface area (Å²) in [7, 11) is 0. The van der Waals surface area contributed by atoms with Crippen molar-refractivity contribution in [3.63, 3.8) is 0 Å². The highest BCUT2D eigenvalue weighted by Crippen LogP contribution is 2.28. The second-order valence-corrected chi connectivity index (χ2v) is 7.02. The van der Waals surface area contributed by atoms with Gasteiger partial charge in [-0.1, -0.05) is 0 Å². The molecule has 0 saturated carbocycles. The molecule has 0 radical (unpaired) electrons. The molecule has 1 aliphatic rings. The smallest absolute Gasteiger partial charge is 0.282 e. The first-order valence-electron chi connectivity index (χ1n) is 9.16. The van der Waals surface area contributed by atoms with Crippen LogP contribution in [0.15, 0.2) is 24.5 Å². The van der Waals surface area contributed by atoms with Gasteiger partial charge in [0, 0.05) is 6.42 Å². The number of alkyl halides is 2. The molecule has 1 atom stereocenters. The molecule has 0 aliphatic carbocycles. The van der Waals surface area contributed by atoms with E-state index in [1.807, 2.05) is 0 Å². The van der Waals surface area contributed by atoms with Crippen molar-refractivity contribution in [1.29, 1.82) is 0 Å². The Kier molecular flexibility index (Phi) is 6.06. The van der Waals surface area contributed by atoms with E-state index in [0.29, 0.717) is 12.0 Å². The average molecular weight is 434 g/mol. The van der Waals surface area contributed by atoms with Gasteiger partial charge >= 0.3 is 0 Å². The van der Waals surface area contributed by atoms with Crippen LogP contribution in [0, 0.1) is 0 Å². The van der Waals surface area contributed by atoms with Crippen molar-refractivity contribution >= 4 is 35.4 Å². The minimum Gasteiger partial charge on any atom is -0.364 e. The zero-order chi connectivity index (χ0) is 22.8. The van der Waals surface area contributed by atoms with E-state index in [1.165, 1.54) is 29.5 Å². The van der Waals surface area contributed by atoms with Crippen molar-refractivity contribution < 1.29 is 23.2 Å². The van der Waals surface area contributed by atoms with Crippen molar-refractivity contribution in [2.75, 3.05) is 23.4 Å². The molecule has 0 spiro atoms. The molecule has 164 valence electrons. The first kappa shape index (κ1) is 22.0. The predicted molar refractivity (Wildman–Crippen MR) is 106 cm³/mol. The zero-order valence-corrected chi connectivity index (χ0v) is 16.5. The Bertz CT molecular complexity index is 994. The molecule has 1 fully saturated rings. The Hall–Kier alpha value is -3.74. The monoisotopic (exact) mass is 434 g/mol. The van der Waals surface area contributed by atoms with Crippen molar-refractivity contribution in [2.45, 2.75) is 25.3 Å². The number of pyridine rings is 1. The van der Waals surface area contributed by atoms with E-state index in [4.69, 9.17) is 11.6 Å². The molecule has 0 bridgehead atoms. The van der Waals surface area contributed by atoms with Crippen LogP contribution in [0.25, 0.3) is 0 Å². The maximum atomic E-state index is 13.0. The third kappa shape index (κ3) is 4.88. The number of amides is 2. The van der Waals surface area contributed by atoms with Crippen LogP contribution in [0.3, 0.4) is 0 Å². The highest BCUT2D eigenvalue weighted by Gasteiger charge is 2.46. The lowest BCUT2D eigenvalue weighted by molar-refractivity contribution is -0.113. The number of likely N-dealkylation sites (tertiary alicyclic amines) is 1. The molecule has 13 heteroatoms. The molecule has 2 aromatic rings. The van der Waals surface area contributed by atoms with E-state index in [1.54, 1.807) is 6.92 Å². The zero-order valence-electron chi connectivity index (χ0n) is 16.5. The first-order valence-corrected chi connectivity index (χ1v) is 9.16. The van der Waals surface area contributed by atoms with E-state index < -0.39 is 30.8 Å². The van der Waals surface area contributed by atoms with Crippen molar-refractivity contribution in [2.24, 2.45) is 11.6 Å². The molecule has 31 heavy (non-hydrogen) atoms. The van der Waals surface area contributed by atoms with Crippen LogP contribution in [0.1, 0.15) is 34.3 Å². The summed E-state index contributed by atoms with van der Waals surface area (Å²) in [5.74, 6) is 1.80. The Labute approximate surface area is 175 Å². The molecular formula is C18H20F2N8O3. The quantitative estimate of drug-likeness (QED) is 0.305. The molecule has 0 aromatic carbocycles. The largest absolute Gasteiger partial charge is 0.364 e. The van der Waals surface area contributed by atoms with Crippen LogP contribution in [0.5, 0.6) is 0 Å². The van der Waals surface area contributed by atoms with Crippen LogP contribution >= 0.6 is 0 Å². The molecule has 1 aliphatic heterocycles. The normalized spacial score (nSPS) is 15.5. The van der Waals surface area contributed by atoms with Crippen LogP contribution in [0.2, 0.25) is 0 Å². The number of nitrogens with zero attached hydrogens (tertiary/aromatic N) is 5. The molecule has 1 unspecified atom stereocenters. The van der Waals surface area contributed by atoms with E-state index in [9.17, 15) is 23.2 Å². The van der Waals surface area contributed by atoms with Crippen LogP contribution in [-0.4, -0.2) is 63.0 Å². The Balaban J connectivity index is 1.79. The highest BCUT2D eigenvalue weighted by molar-refractivity contribution is 5.96. The number of nitrogens with two attached hydrogens (primary N) is 2. The number of hydrogen-bond donors (Lipinski definition) is 3. The number of carbonyl (C=O) groups excluding carboxylic acids is 3. The van der Waals surface area contributed by atoms with Crippen molar-refractivity contribution in [3.8, 4) is 0 Å². The first-order chi connectivity index (χ1) is 14.6. The molecule has 5 N–H and O–H groups in total. The summed E-state index contributed by atoms with van der Waals surface area (Å²) in [6.45, 7) is 0.421. The lowest BCUT2D eigenvalue weighted by atomic mass is 10.1. The van der Waals surface area contributed by atoms with Gasteiger partial charge in [-0.2, -0.15) is 0 Å². The van der Waals surface area contributed by atoms with E-state index in [2.05, 4.69) is 20.3 Å². The lowest BCUT2D eigenvalue weighted by Gasteiger charge is -2.38. The van der Waals surface area contributed by atoms with Gasteiger partial charge in [-0.25, -0.2) is 29.6 Å². The minimum atomic E-state index is -2.87. The molecule has 3 heterocycles. The maximum absolute atomic E-state index is 13.0. The fourth-order valence-corrected chi connectivity index (χ4v) is 2.80. The second-order valence-electron chi connectivity index (χ2n) is 7.02. The van der Waals surface area contributed by atoms with Crippen molar-refractivity contribution in [1.82, 2.24) is 19.9 Å².